The van der Waals surface area contributed by atoms with Crippen molar-refractivity contribution < 1.29 is 25.3 Å². The molecule has 9 heteroatoms. The van der Waals surface area contributed by atoms with Crippen LogP contribution >= 0.6 is 22.6 Å². The van der Waals surface area contributed by atoms with Crippen molar-refractivity contribution >= 4 is 45.3 Å². The Labute approximate surface area is 110 Å². The van der Waals surface area contributed by atoms with Crippen LogP contribution in [-0.4, -0.2) is 15.4 Å². The second-order valence-electron chi connectivity index (χ2n) is 3.54. The van der Waals surface area contributed by atoms with Crippen molar-refractivity contribution in [1.82, 2.24) is 0 Å². The van der Waals surface area contributed by atoms with Crippen LogP contribution in [0.4, 0.5) is 16.8 Å². The van der Waals surface area contributed by atoms with Gasteiger partial charge in [-0.1, -0.05) is 11.6 Å². The Morgan fingerprint density at radius 2 is 1.82 bits per heavy atom. The van der Waals surface area contributed by atoms with E-state index in [1.165, 1.54) is 6.07 Å². The predicted molar refractivity (Wildman–Crippen MR) is 66.3 cm³/mol. The third-order valence-corrected chi connectivity index (χ3v) is 3.48. The lowest BCUT2D eigenvalue weighted by Gasteiger charge is -2.20. The molecule has 0 aliphatic heterocycles. The van der Waals surface area contributed by atoms with Gasteiger partial charge in [-0.25, -0.2) is 0 Å². The second-order valence-corrected chi connectivity index (χ2v) is 6.15. The van der Waals surface area contributed by atoms with Crippen LogP contribution in [-0.2, 0) is 16.0 Å². The number of halogens is 5. The van der Waals surface area contributed by atoms with E-state index < -0.39 is 28.4 Å². The SMILES string of the molecule is Cc1c(CS(=O)(=O)F)cc(I)cc1[B-](F)(F)F. The molecule has 0 aliphatic rings. The first-order chi connectivity index (χ1) is 7.50. The van der Waals surface area contributed by atoms with Gasteiger partial charge in [-0.05, 0) is 41.1 Å². The Morgan fingerprint density at radius 3 is 2.24 bits per heavy atom. The maximum atomic E-state index is 12.7. The molecule has 2 nitrogen and oxygen atoms in total. The number of hydrogen-bond acceptors (Lipinski definition) is 2. The Morgan fingerprint density at radius 1 is 1.29 bits per heavy atom. The maximum Gasteiger partial charge on any atom is 0.509 e. The van der Waals surface area contributed by atoms with Crippen molar-refractivity contribution in [3.8, 4) is 0 Å². The normalized spacial score (nSPS) is 12.8. The summed E-state index contributed by atoms with van der Waals surface area (Å²) in [6, 6.07) is 2.16. The van der Waals surface area contributed by atoms with Gasteiger partial charge in [0.05, 0.1) is 0 Å². The summed E-state index contributed by atoms with van der Waals surface area (Å²) < 4.78 is 71.7. The minimum atomic E-state index is -5.24. The zero-order valence-corrected chi connectivity index (χ0v) is 11.5. The molecule has 0 amide bonds. The second kappa shape index (κ2) is 4.75. The maximum absolute atomic E-state index is 12.7. The summed E-state index contributed by atoms with van der Waals surface area (Å²) >= 11 is 1.63. The highest BCUT2D eigenvalue weighted by Gasteiger charge is 2.29. The topological polar surface area (TPSA) is 34.1 Å². The minimum absolute atomic E-state index is 0.159. The molecule has 0 atom stereocenters. The van der Waals surface area contributed by atoms with Gasteiger partial charge in [0.1, 0.15) is 5.75 Å². The van der Waals surface area contributed by atoms with E-state index >= 15 is 0 Å². The molecule has 1 aromatic carbocycles. The van der Waals surface area contributed by atoms with Gasteiger partial charge in [-0.3, -0.25) is 0 Å². The highest BCUT2D eigenvalue weighted by molar-refractivity contribution is 14.1. The molecule has 1 rings (SSSR count). The molecule has 0 saturated carbocycles. The van der Waals surface area contributed by atoms with Gasteiger partial charge in [-0.15, -0.1) is 9.35 Å². The molecule has 0 radical (unpaired) electrons. The molecule has 1 aromatic rings. The van der Waals surface area contributed by atoms with Gasteiger partial charge in [0.2, 0.25) is 0 Å². The summed E-state index contributed by atoms with van der Waals surface area (Å²) in [6.45, 7) is -4.10. The third-order valence-electron chi connectivity index (χ3n) is 2.20. The van der Waals surface area contributed by atoms with Crippen molar-refractivity contribution in [2.75, 3.05) is 0 Å². The molecule has 0 saturated heterocycles. The van der Waals surface area contributed by atoms with E-state index in [1.807, 2.05) is 0 Å². The summed E-state index contributed by atoms with van der Waals surface area (Å²) in [7, 11) is -4.84. The molecule has 0 aromatic heterocycles. The summed E-state index contributed by atoms with van der Waals surface area (Å²) in [6.07, 6.45) is 0. The van der Waals surface area contributed by atoms with Gasteiger partial charge < -0.3 is 12.9 Å². The van der Waals surface area contributed by atoms with E-state index in [-0.39, 0.29) is 14.7 Å². The van der Waals surface area contributed by atoms with E-state index in [1.54, 1.807) is 22.6 Å². The Balaban J connectivity index is 3.39. The number of benzene rings is 1. The van der Waals surface area contributed by atoms with Crippen LogP contribution in [0.5, 0.6) is 0 Å². The summed E-state index contributed by atoms with van der Waals surface area (Å²) in [5, 5.41) is 0. The van der Waals surface area contributed by atoms with Crippen LogP contribution in [0.3, 0.4) is 0 Å². The fourth-order valence-electron chi connectivity index (χ4n) is 1.43. The molecule has 0 heterocycles. The summed E-state index contributed by atoms with van der Waals surface area (Å²) in [5.41, 5.74) is -1.27. The fraction of sp³-hybridized carbons (Fsp3) is 0.250. The lowest BCUT2D eigenvalue weighted by Crippen LogP contribution is -2.37. The molecule has 0 bridgehead atoms. The quantitative estimate of drug-likeness (QED) is 0.349. The molecule has 0 spiro atoms. The van der Waals surface area contributed by atoms with E-state index in [0.29, 0.717) is 0 Å². The van der Waals surface area contributed by atoms with Crippen LogP contribution in [0.2, 0.25) is 0 Å². The largest absolute Gasteiger partial charge is 0.509 e. The summed E-state index contributed by atoms with van der Waals surface area (Å²) in [4.78, 5) is 0. The first kappa shape index (κ1) is 14.7. The van der Waals surface area contributed by atoms with Crippen LogP contribution in [0.1, 0.15) is 11.1 Å². The van der Waals surface area contributed by atoms with Crippen LogP contribution in [0.25, 0.3) is 0 Å². The van der Waals surface area contributed by atoms with Crippen LogP contribution < -0.4 is 5.46 Å². The smallest absolute Gasteiger partial charge is 0.445 e. The molecule has 0 fully saturated rings. The van der Waals surface area contributed by atoms with Crippen LogP contribution in [0, 0.1) is 10.5 Å². The lowest BCUT2D eigenvalue weighted by atomic mass is 9.76. The van der Waals surface area contributed by atoms with Crippen molar-refractivity contribution in [2.45, 2.75) is 12.7 Å². The number of hydrogen-bond donors (Lipinski definition) is 0. The Hall–Kier alpha value is -0.315. The van der Waals surface area contributed by atoms with Crippen molar-refractivity contribution in [1.29, 1.82) is 0 Å². The number of rotatable bonds is 3. The third kappa shape index (κ3) is 4.13. The van der Waals surface area contributed by atoms with Gasteiger partial charge in [-0.2, -0.15) is 8.42 Å². The van der Waals surface area contributed by atoms with Gasteiger partial charge in [0.15, 0.2) is 0 Å². The standard InChI is InChI=1S/C8H7BF4IO2S/c1-5-6(4-17(13,15)16)2-7(14)3-8(5)9(10,11)12/h2-3H,4H2,1H3/q-1. The molecule has 17 heavy (non-hydrogen) atoms. The molecular formula is C8H7BF4IO2S-. The van der Waals surface area contributed by atoms with Gasteiger partial charge in [0, 0.05) is 3.57 Å². The monoisotopic (exact) mass is 381 g/mol. The van der Waals surface area contributed by atoms with Gasteiger partial charge in [0.25, 0.3) is 0 Å². The van der Waals surface area contributed by atoms with E-state index in [0.717, 1.165) is 13.0 Å². The zero-order chi connectivity index (χ0) is 13.4. The Bertz CT molecular complexity index is 541. The van der Waals surface area contributed by atoms with Crippen molar-refractivity contribution in [2.24, 2.45) is 0 Å². The fourth-order valence-corrected chi connectivity index (χ4v) is 2.82. The molecular weight excluding hydrogens is 374 g/mol. The molecule has 96 valence electrons. The molecule has 0 aliphatic carbocycles. The van der Waals surface area contributed by atoms with Crippen molar-refractivity contribution in [3.05, 3.63) is 26.8 Å². The summed E-state index contributed by atoms with van der Waals surface area (Å²) in [5.74, 6) is -1.03. The van der Waals surface area contributed by atoms with E-state index in [2.05, 4.69) is 0 Å². The lowest BCUT2D eigenvalue weighted by molar-refractivity contribution is 0.500. The van der Waals surface area contributed by atoms with E-state index in [9.17, 15) is 25.3 Å². The van der Waals surface area contributed by atoms with E-state index in [4.69, 9.17) is 0 Å². The minimum Gasteiger partial charge on any atom is -0.445 e. The average Bonchev–Trinajstić information content (AvgIpc) is 2.06. The van der Waals surface area contributed by atoms with Gasteiger partial charge >= 0.3 is 17.2 Å². The average molecular weight is 381 g/mol. The first-order valence-corrected chi connectivity index (χ1v) is 7.05. The molecule has 0 N–H and O–H groups in total. The van der Waals surface area contributed by atoms with Crippen LogP contribution in [0.15, 0.2) is 12.1 Å². The zero-order valence-electron chi connectivity index (χ0n) is 8.55. The first-order valence-electron chi connectivity index (χ1n) is 4.42. The predicted octanol–water partition coefficient (Wildman–Crippen LogP) is 2.45. The van der Waals surface area contributed by atoms with Crippen molar-refractivity contribution in [3.63, 3.8) is 0 Å². The molecule has 0 unspecified atom stereocenters. The Kier molecular flexibility index (Phi) is 4.12. The highest BCUT2D eigenvalue weighted by atomic mass is 127. The highest BCUT2D eigenvalue weighted by Crippen LogP contribution is 2.20.